The van der Waals surface area contributed by atoms with Crippen LogP contribution in [-0.4, -0.2) is 43.5 Å². The van der Waals surface area contributed by atoms with Crippen LogP contribution in [0.4, 0.5) is 0 Å². The van der Waals surface area contributed by atoms with Crippen LogP contribution in [-0.2, 0) is 15.0 Å². The summed E-state index contributed by atoms with van der Waals surface area (Å²) in [6.45, 7) is 2.16. The molecule has 1 N–H and O–H groups in total. The molecule has 0 aromatic heterocycles. The predicted molar refractivity (Wildman–Crippen MR) is 106 cm³/mol. The number of nitrogens with zero attached hydrogens (tertiary/aromatic N) is 1. The second kappa shape index (κ2) is 6.50. The zero-order chi connectivity index (χ0) is 19.4. The highest BCUT2D eigenvalue weighted by Crippen LogP contribution is 2.55. The standard InChI is InChI=1S/C23H30N2O3/c1-28-18-7-5-17(6-8-18)23(11-12-23)21(27)25-14-19(22(15-25)9-2-10-22)20(26)24-13-16-3-4-16/h5-8,16,19H,2-4,9-15H2,1H3,(H,24,26). The monoisotopic (exact) mass is 382 g/mol. The Balaban J connectivity index is 1.31. The minimum atomic E-state index is -0.378. The van der Waals surface area contributed by atoms with E-state index in [9.17, 15) is 9.59 Å². The number of amides is 2. The SMILES string of the molecule is COc1ccc(C2(C(=O)N3CC(C(=O)NCC4CC4)C4(CCC4)C3)CC2)cc1. The van der Waals surface area contributed by atoms with Crippen molar-refractivity contribution in [2.75, 3.05) is 26.7 Å². The molecule has 1 aromatic carbocycles. The number of methoxy groups -OCH3 is 1. The van der Waals surface area contributed by atoms with Crippen LogP contribution >= 0.6 is 0 Å². The molecule has 1 spiro atoms. The molecule has 1 atom stereocenters. The van der Waals surface area contributed by atoms with Gasteiger partial charge < -0.3 is 15.0 Å². The van der Waals surface area contributed by atoms with Gasteiger partial charge in [0, 0.05) is 25.0 Å². The molecular weight excluding hydrogens is 352 g/mol. The smallest absolute Gasteiger partial charge is 0.233 e. The van der Waals surface area contributed by atoms with E-state index in [2.05, 4.69) is 5.32 Å². The first-order chi connectivity index (χ1) is 13.6. The second-order valence-electron chi connectivity index (χ2n) is 9.45. The largest absolute Gasteiger partial charge is 0.497 e. The summed E-state index contributed by atoms with van der Waals surface area (Å²) in [4.78, 5) is 28.4. The lowest BCUT2D eigenvalue weighted by molar-refractivity contribution is -0.133. The molecule has 3 aliphatic carbocycles. The number of likely N-dealkylation sites (tertiary alicyclic amines) is 1. The van der Waals surface area contributed by atoms with Crippen molar-refractivity contribution in [3.05, 3.63) is 29.8 Å². The average molecular weight is 383 g/mol. The summed E-state index contributed by atoms with van der Waals surface area (Å²) in [6, 6.07) is 7.93. The van der Waals surface area contributed by atoms with Crippen LogP contribution in [0.3, 0.4) is 0 Å². The van der Waals surface area contributed by atoms with Crippen LogP contribution in [0, 0.1) is 17.3 Å². The highest BCUT2D eigenvalue weighted by molar-refractivity contribution is 5.92. The van der Waals surface area contributed by atoms with E-state index in [0.717, 1.165) is 50.1 Å². The Morgan fingerprint density at radius 1 is 1.14 bits per heavy atom. The van der Waals surface area contributed by atoms with E-state index < -0.39 is 0 Å². The van der Waals surface area contributed by atoms with Gasteiger partial charge in [-0.1, -0.05) is 18.6 Å². The van der Waals surface area contributed by atoms with Gasteiger partial charge in [0.1, 0.15) is 5.75 Å². The third kappa shape index (κ3) is 2.90. The Morgan fingerprint density at radius 3 is 2.39 bits per heavy atom. The van der Waals surface area contributed by atoms with Crippen molar-refractivity contribution in [1.82, 2.24) is 10.2 Å². The van der Waals surface area contributed by atoms with Gasteiger partial charge in [0.2, 0.25) is 11.8 Å². The van der Waals surface area contributed by atoms with Gasteiger partial charge in [-0.3, -0.25) is 9.59 Å². The van der Waals surface area contributed by atoms with Gasteiger partial charge >= 0.3 is 0 Å². The van der Waals surface area contributed by atoms with Gasteiger partial charge in [-0.15, -0.1) is 0 Å². The molecule has 2 amide bonds. The third-order valence-corrected chi connectivity index (χ3v) is 7.66. The average Bonchev–Trinajstić information content (AvgIpc) is 3.61. The van der Waals surface area contributed by atoms with Crippen LogP contribution in [0.25, 0.3) is 0 Å². The fraction of sp³-hybridized carbons (Fsp3) is 0.652. The van der Waals surface area contributed by atoms with Crippen molar-refractivity contribution in [1.29, 1.82) is 0 Å². The normalized spacial score (nSPS) is 26.6. The molecular formula is C23H30N2O3. The first-order valence-corrected chi connectivity index (χ1v) is 10.8. The number of carbonyl (C=O) groups excluding carboxylic acids is 2. The zero-order valence-corrected chi connectivity index (χ0v) is 16.7. The van der Waals surface area contributed by atoms with E-state index >= 15 is 0 Å². The van der Waals surface area contributed by atoms with E-state index in [1.807, 2.05) is 29.2 Å². The molecule has 1 saturated heterocycles. The highest BCUT2D eigenvalue weighted by atomic mass is 16.5. The number of rotatable bonds is 6. The zero-order valence-electron chi connectivity index (χ0n) is 16.7. The Kier molecular flexibility index (Phi) is 4.18. The van der Waals surface area contributed by atoms with Crippen molar-refractivity contribution in [3.8, 4) is 5.75 Å². The van der Waals surface area contributed by atoms with Gasteiger partial charge in [-0.25, -0.2) is 0 Å². The Labute approximate surface area is 166 Å². The van der Waals surface area contributed by atoms with Crippen molar-refractivity contribution in [3.63, 3.8) is 0 Å². The summed E-state index contributed by atoms with van der Waals surface area (Å²) in [6.07, 6.45) is 7.62. The molecule has 5 heteroatoms. The van der Waals surface area contributed by atoms with E-state index in [1.165, 1.54) is 19.3 Å². The lowest BCUT2D eigenvalue weighted by Gasteiger charge is -2.42. The Hall–Kier alpha value is -2.04. The third-order valence-electron chi connectivity index (χ3n) is 7.66. The molecule has 5 nitrogen and oxygen atoms in total. The molecule has 28 heavy (non-hydrogen) atoms. The minimum Gasteiger partial charge on any atom is -0.497 e. The molecule has 4 fully saturated rings. The maximum atomic E-state index is 13.5. The molecule has 0 bridgehead atoms. The van der Waals surface area contributed by atoms with E-state index in [4.69, 9.17) is 4.74 Å². The molecule has 1 aliphatic heterocycles. The Morgan fingerprint density at radius 2 is 1.86 bits per heavy atom. The molecule has 5 rings (SSSR count). The molecule has 150 valence electrons. The summed E-state index contributed by atoms with van der Waals surface area (Å²) >= 11 is 0. The van der Waals surface area contributed by atoms with Crippen LogP contribution in [0.1, 0.15) is 50.5 Å². The van der Waals surface area contributed by atoms with Crippen molar-refractivity contribution in [2.45, 2.75) is 50.4 Å². The first kappa shape index (κ1) is 18.0. The van der Waals surface area contributed by atoms with E-state index in [1.54, 1.807) is 7.11 Å². The van der Waals surface area contributed by atoms with Crippen LogP contribution in [0.5, 0.6) is 5.75 Å². The van der Waals surface area contributed by atoms with Crippen molar-refractivity contribution < 1.29 is 14.3 Å². The summed E-state index contributed by atoms with van der Waals surface area (Å²) in [7, 11) is 1.66. The maximum Gasteiger partial charge on any atom is 0.233 e. The fourth-order valence-electron chi connectivity index (χ4n) is 5.28. The molecule has 3 saturated carbocycles. The van der Waals surface area contributed by atoms with Gasteiger partial charge in [0.05, 0.1) is 18.4 Å². The van der Waals surface area contributed by atoms with Gasteiger partial charge in [-0.05, 0) is 62.1 Å². The Bertz CT molecular complexity index is 776. The first-order valence-electron chi connectivity index (χ1n) is 10.8. The number of carbonyl (C=O) groups is 2. The number of benzene rings is 1. The lowest BCUT2D eigenvalue weighted by Crippen LogP contribution is -2.45. The lowest BCUT2D eigenvalue weighted by atomic mass is 9.62. The van der Waals surface area contributed by atoms with E-state index in [-0.39, 0.29) is 28.6 Å². The summed E-state index contributed by atoms with van der Waals surface area (Å²) in [5.74, 6) is 1.87. The quantitative estimate of drug-likeness (QED) is 0.823. The van der Waals surface area contributed by atoms with Crippen LogP contribution in [0.15, 0.2) is 24.3 Å². The highest BCUT2D eigenvalue weighted by Gasteiger charge is 2.59. The molecule has 1 unspecified atom stereocenters. The van der Waals surface area contributed by atoms with Crippen molar-refractivity contribution in [2.24, 2.45) is 17.3 Å². The number of hydrogen-bond donors (Lipinski definition) is 1. The summed E-state index contributed by atoms with van der Waals surface area (Å²) in [5.41, 5.74) is 0.734. The second-order valence-corrected chi connectivity index (χ2v) is 9.45. The number of hydrogen-bond acceptors (Lipinski definition) is 3. The van der Waals surface area contributed by atoms with E-state index in [0.29, 0.717) is 12.5 Å². The van der Waals surface area contributed by atoms with Crippen LogP contribution in [0.2, 0.25) is 0 Å². The van der Waals surface area contributed by atoms with Gasteiger partial charge in [-0.2, -0.15) is 0 Å². The molecule has 4 aliphatic rings. The maximum absolute atomic E-state index is 13.5. The summed E-state index contributed by atoms with van der Waals surface area (Å²) in [5, 5.41) is 3.18. The molecule has 0 radical (unpaired) electrons. The predicted octanol–water partition coefficient (Wildman–Crippen LogP) is 2.88. The van der Waals surface area contributed by atoms with Gasteiger partial charge in [0.25, 0.3) is 0 Å². The molecule has 1 heterocycles. The van der Waals surface area contributed by atoms with Crippen molar-refractivity contribution >= 4 is 11.8 Å². The molecule has 1 aromatic rings. The van der Waals surface area contributed by atoms with Crippen LogP contribution < -0.4 is 10.1 Å². The number of nitrogens with one attached hydrogen (secondary N) is 1. The number of ether oxygens (including phenoxy) is 1. The topological polar surface area (TPSA) is 58.6 Å². The van der Waals surface area contributed by atoms with Gasteiger partial charge in [0.15, 0.2) is 0 Å². The minimum absolute atomic E-state index is 0.0271. The fourth-order valence-corrected chi connectivity index (χ4v) is 5.28. The summed E-state index contributed by atoms with van der Waals surface area (Å²) < 4.78 is 5.26.